The average Bonchev–Trinajstić information content (AvgIpc) is 3.05. The van der Waals surface area contributed by atoms with Gasteiger partial charge in [0.05, 0.1) is 5.56 Å². The fraction of sp³-hybridized carbons (Fsp3) is 0.0476. The topological polar surface area (TPSA) is 55.1 Å². The highest BCUT2D eigenvalue weighted by Crippen LogP contribution is 2.23. The third kappa shape index (κ3) is 4.14. The molecule has 1 N–H and O–H groups in total. The second-order valence-corrected chi connectivity index (χ2v) is 7.63. The zero-order valence-corrected chi connectivity index (χ0v) is 17.0. The number of rotatable bonds is 4. The number of carbonyl (C=O) groups is 1. The molecule has 1 amide bonds. The molecule has 4 rings (SSSR count). The maximum Gasteiger partial charge on any atom is 0.256 e. The van der Waals surface area contributed by atoms with Crippen molar-refractivity contribution in [1.29, 1.82) is 0 Å². The van der Waals surface area contributed by atoms with E-state index >= 15 is 0 Å². The quantitative estimate of drug-likeness (QED) is 0.362. The summed E-state index contributed by atoms with van der Waals surface area (Å²) in [6.45, 7) is 0. The fourth-order valence-electron chi connectivity index (χ4n) is 2.75. The summed E-state index contributed by atoms with van der Waals surface area (Å²) in [4.78, 5) is 17.0. The number of carbonyl (C=O) groups excluding carboxylic acids is 1. The summed E-state index contributed by atoms with van der Waals surface area (Å²) < 4.78 is 6.71. The van der Waals surface area contributed by atoms with Crippen LogP contribution in [0.3, 0.4) is 0 Å². The van der Waals surface area contributed by atoms with Gasteiger partial charge in [-0.15, -0.1) is 0 Å². The van der Waals surface area contributed by atoms with E-state index in [9.17, 15) is 4.79 Å². The summed E-state index contributed by atoms with van der Waals surface area (Å²) in [5.74, 6) is 0.470. The maximum absolute atomic E-state index is 12.5. The number of anilines is 1. The van der Waals surface area contributed by atoms with Gasteiger partial charge in [-0.3, -0.25) is 4.79 Å². The molecule has 0 aliphatic heterocycles. The van der Waals surface area contributed by atoms with Crippen molar-refractivity contribution in [1.82, 2.24) is 4.98 Å². The first-order valence-corrected chi connectivity index (χ1v) is 9.74. The zero-order valence-electron chi connectivity index (χ0n) is 14.1. The van der Waals surface area contributed by atoms with Crippen LogP contribution in [0.5, 0.6) is 0 Å². The van der Waals surface area contributed by atoms with Gasteiger partial charge in [-0.05, 0) is 70.6 Å². The Bertz CT molecular complexity index is 1120. The molecule has 0 unspecified atom stereocenters. The van der Waals surface area contributed by atoms with Crippen molar-refractivity contribution in [3.05, 3.63) is 92.3 Å². The number of nitrogens with one attached hydrogen (secondary N) is 1. The Hall–Kier alpha value is -2.38. The van der Waals surface area contributed by atoms with Gasteiger partial charge in [0.25, 0.3) is 5.91 Å². The van der Waals surface area contributed by atoms with E-state index in [2.05, 4.69) is 32.9 Å². The maximum atomic E-state index is 12.5. The van der Waals surface area contributed by atoms with Crippen LogP contribution >= 0.6 is 34.2 Å². The first-order valence-electron chi connectivity index (χ1n) is 8.28. The minimum Gasteiger partial charge on any atom is -0.440 e. The molecule has 0 fully saturated rings. The third-order valence-electron chi connectivity index (χ3n) is 4.08. The molecular formula is C21H14ClIN2O2. The predicted molar refractivity (Wildman–Crippen MR) is 115 cm³/mol. The van der Waals surface area contributed by atoms with Crippen molar-refractivity contribution in [3.8, 4) is 0 Å². The molecule has 0 aliphatic rings. The van der Waals surface area contributed by atoms with Crippen molar-refractivity contribution in [2.24, 2.45) is 0 Å². The van der Waals surface area contributed by atoms with Crippen LogP contribution < -0.4 is 5.32 Å². The molecule has 27 heavy (non-hydrogen) atoms. The number of hydrogen-bond donors (Lipinski definition) is 1. The van der Waals surface area contributed by atoms with Crippen LogP contribution in [-0.2, 0) is 6.42 Å². The second kappa shape index (κ2) is 7.70. The molecule has 0 atom stereocenters. The van der Waals surface area contributed by atoms with E-state index in [-0.39, 0.29) is 5.91 Å². The Morgan fingerprint density at radius 1 is 1.07 bits per heavy atom. The van der Waals surface area contributed by atoms with Crippen LogP contribution in [0.4, 0.5) is 5.69 Å². The molecule has 0 radical (unpaired) electrons. The van der Waals surface area contributed by atoms with Gasteiger partial charge in [0.15, 0.2) is 11.5 Å². The summed E-state index contributed by atoms with van der Waals surface area (Å²) in [6, 6.07) is 20.5. The highest BCUT2D eigenvalue weighted by atomic mass is 127. The molecule has 0 saturated carbocycles. The van der Waals surface area contributed by atoms with Gasteiger partial charge >= 0.3 is 0 Å². The van der Waals surface area contributed by atoms with E-state index in [1.165, 1.54) is 0 Å². The number of aromatic nitrogens is 1. The van der Waals surface area contributed by atoms with Crippen molar-refractivity contribution >= 4 is 56.9 Å². The van der Waals surface area contributed by atoms with E-state index in [1.807, 2.05) is 60.7 Å². The fourth-order valence-corrected chi connectivity index (χ4v) is 3.51. The van der Waals surface area contributed by atoms with Crippen molar-refractivity contribution in [2.45, 2.75) is 6.42 Å². The van der Waals surface area contributed by atoms with Crippen molar-refractivity contribution in [3.63, 3.8) is 0 Å². The SMILES string of the molecule is O=C(Nc1ccc2oc(Cc3ccc(Cl)cc3)nc2c1)c1ccccc1I. The van der Waals surface area contributed by atoms with Crippen LogP contribution in [0.2, 0.25) is 5.02 Å². The highest BCUT2D eigenvalue weighted by molar-refractivity contribution is 14.1. The number of oxazole rings is 1. The Morgan fingerprint density at radius 3 is 2.63 bits per heavy atom. The smallest absolute Gasteiger partial charge is 0.256 e. The normalized spacial score (nSPS) is 10.9. The van der Waals surface area contributed by atoms with Crippen LogP contribution in [-0.4, -0.2) is 10.9 Å². The average molecular weight is 489 g/mol. The van der Waals surface area contributed by atoms with Crippen LogP contribution in [0, 0.1) is 3.57 Å². The molecule has 0 spiro atoms. The molecule has 4 nitrogen and oxygen atoms in total. The van der Waals surface area contributed by atoms with Gasteiger partial charge < -0.3 is 9.73 Å². The van der Waals surface area contributed by atoms with E-state index in [0.29, 0.717) is 39.7 Å². The summed E-state index contributed by atoms with van der Waals surface area (Å²) >= 11 is 8.07. The molecule has 6 heteroatoms. The number of halogens is 2. The Kier molecular flexibility index (Phi) is 5.13. The monoisotopic (exact) mass is 488 g/mol. The van der Waals surface area contributed by atoms with E-state index in [0.717, 1.165) is 9.13 Å². The van der Waals surface area contributed by atoms with Gasteiger partial charge in [-0.25, -0.2) is 4.98 Å². The summed E-state index contributed by atoms with van der Waals surface area (Å²) in [7, 11) is 0. The summed E-state index contributed by atoms with van der Waals surface area (Å²) in [5.41, 5.74) is 3.78. The molecule has 3 aromatic carbocycles. The van der Waals surface area contributed by atoms with E-state index in [1.54, 1.807) is 6.07 Å². The molecule has 0 saturated heterocycles. The summed E-state index contributed by atoms with van der Waals surface area (Å²) in [5, 5.41) is 3.62. The Labute approximate surface area is 174 Å². The lowest BCUT2D eigenvalue weighted by atomic mass is 10.1. The number of hydrogen-bond acceptors (Lipinski definition) is 3. The number of amides is 1. The number of benzene rings is 3. The largest absolute Gasteiger partial charge is 0.440 e. The van der Waals surface area contributed by atoms with Gasteiger partial charge in [-0.1, -0.05) is 35.9 Å². The lowest BCUT2D eigenvalue weighted by Crippen LogP contribution is -2.13. The molecule has 134 valence electrons. The van der Waals surface area contributed by atoms with Crippen LogP contribution in [0.15, 0.2) is 71.1 Å². The zero-order chi connectivity index (χ0) is 18.8. The van der Waals surface area contributed by atoms with Crippen LogP contribution in [0.25, 0.3) is 11.1 Å². The standard InChI is InChI=1S/C21H14ClIN2O2/c22-14-7-5-13(6-8-14)11-20-25-18-12-15(9-10-19(18)27-20)24-21(26)16-3-1-2-4-17(16)23/h1-10,12H,11H2,(H,24,26). The highest BCUT2D eigenvalue weighted by Gasteiger charge is 2.12. The van der Waals surface area contributed by atoms with Gasteiger partial charge in [-0.2, -0.15) is 0 Å². The number of fused-ring (bicyclic) bond motifs is 1. The first-order chi connectivity index (χ1) is 13.1. The minimum absolute atomic E-state index is 0.149. The predicted octanol–water partition coefficient (Wildman–Crippen LogP) is 5.93. The Balaban J connectivity index is 1.55. The number of nitrogens with zero attached hydrogens (tertiary/aromatic N) is 1. The van der Waals surface area contributed by atoms with Crippen molar-refractivity contribution in [2.75, 3.05) is 5.32 Å². The molecule has 0 bridgehead atoms. The van der Waals surface area contributed by atoms with E-state index < -0.39 is 0 Å². The first kappa shape index (κ1) is 18.0. The molecule has 0 aliphatic carbocycles. The lowest BCUT2D eigenvalue weighted by Gasteiger charge is -2.06. The Morgan fingerprint density at radius 2 is 1.85 bits per heavy atom. The van der Waals surface area contributed by atoms with Crippen LogP contribution in [0.1, 0.15) is 21.8 Å². The van der Waals surface area contributed by atoms with Gasteiger partial charge in [0.2, 0.25) is 0 Å². The molecular weight excluding hydrogens is 475 g/mol. The van der Waals surface area contributed by atoms with Crippen molar-refractivity contribution < 1.29 is 9.21 Å². The lowest BCUT2D eigenvalue weighted by molar-refractivity contribution is 0.102. The van der Waals surface area contributed by atoms with Gasteiger partial charge in [0.1, 0.15) is 5.52 Å². The third-order valence-corrected chi connectivity index (χ3v) is 5.27. The molecule has 1 heterocycles. The summed E-state index contributed by atoms with van der Waals surface area (Å²) in [6.07, 6.45) is 0.579. The van der Waals surface area contributed by atoms with Gasteiger partial charge in [0, 0.05) is 20.7 Å². The minimum atomic E-state index is -0.149. The van der Waals surface area contributed by atoms with E-state index in [4.69, 9.17) is 16.0 Å². The molecule has 1 aromatic heterocycles. The second-order valence-electron chi connectivity index (χ2n) is 6.03. The molecule has 4 aromatic rings.